The van der Waals surface area contributed by atoms with Gasteiger partial charge in [-0.1, -0.05) is 155 Å². The zero-order chi connectivity index (χ0) is 41.2. The lowest BCUT2D eigenvalue weighted by Gasteiger charge is -2.27. The van der Waals surface area contributed by atoms with E-state index in [0.717, 1.165) is 51.9 Å². The van der Waals surface area contributed by atoms with Gasteiger partial charge in [0.25, 0.3) is 0 Å². The highest BCUT2D eigenvalue weighted by Gasteiger charge is 2.15. The average molecular weight is 797 g/mol. The second-order valence-corrected chi connectivity index (χ2v) is 16.6. The zero-order valence-corrected chi connectivity index (χ0v) is 37.6. The number of aliphatic hydroxyl groups is 2. The second kappa shape index (κ2) is 43.3. The number of hydrogen-bond acceptors (Lipinski definition) is 8. The molecule has 2 atom stereocenters. The van der Waals surface area contributed by atoms with Crippen molar-refractivity contribution < 1.29 is 19.8 Å². The quantitative estimate of drug-likeness (QED) is 0.0343. The highest BCUT2D eigenvalue weighted by molar-refractivity contribution is 5.75. The van der Waals surface area contributed by atoms with Crippen molar-refractivity contribution in [3.8, 4) is 0 Å². The van der Waals surface area contributed by atoms with Gasteiger partial charge in [-0.15, -0.1) is 0 Å². The molecule has 0 aliphatic heterocycles. The van der Waals surface area contributed by atoms with E-state index in [-0.39, 0.29) is 11.8 Å². The smallest absolute Gasteiger partial charge is 0.221 e. The molecule has 2 unspecified atom stereocenters. The van der Waals surface area contributed by atoms with E-state index in [4.69, 9.17) is 0 Å². The van der Waals surface area contributed by atoms with E-state index in [2.05, 4.69) is 44.9 Å². The van der Waals surface area contributed by atoms with Gasteiger partial charge in [0.1, 0.15) is 0 Å². The van der Waals surface area contributed by atoms with Gasteiger partial charge in [-0.25, -0.2) is 0 Å². The van der Waals surface area contributed by atoms with Crippen molar-refractivity contribution >= 4 is 11.8 Å². The normalized spacial score (nSPS) is 12.8. The number of aliphatic hydroxyl groups excluding tert-OH is 2. The van der Waals surface area contributed by atoms with Crippen molar-refractivity contribution in [3.63, 3.8) is 0 Å². The van der Waals surface area contributed by atoms with E-state index in [1.54, 1.807) is 14.1 Å². The minimum Gasteiger partial charge on any atom is -0.390 e. The largest absolute Gasteiger partial charge is 0.390 e. The molecule has 10 nitrogen and oxygen atoms in total. The van der Waals surface area contributed by atoms with Gasteiger partial charge in [0.05, 0.1) is 12.2 Å². The van der Waals surface area contributed by atoms with Crippen LogP contribution in [0.5, 0.6) is 0 Å². The van der Waals surface area contributed by atoms with Crippen LogP contribution in [0, 0.1) is 0 Å². The summed E-state index contributed by atoms with van der Waals surface area (Å²) in [5.74, 6) is 0.0245. The fourth-order valence-electron chi connectivity index (χ4n) is 7.53. The van der Waals surface area contributed by atoms with Gasteiger partial charge in [0.15, 0.2) is 0 Å². The van der Waals surface area contributed by atoms with Gasteiger partial charge >= 0.3 is 0 Å². The molecule has 56 heavy (non-hydrogen) atoms. The molecule has 0 aromatic rings. The highest BCUT2D eigenvalue weighted by Crippen LogP contribution is 2.14. The van der Waals surface area contributed by atoms with Gasteiger partial charge in [-0.2, -0.15) is 0 Å². The third-order valence-electron chi connectivity index (χ3n) is 11.2. The summed E-state index contributed by atoms with van der Waals surface area (Å²) in [6, 6.07) is 0. The van der Waals surface area contributed by atoms with Crippen molar-refractivity contribution in [2.45, 2.75) is 206 Å². The number of carbonyl (C=O) groups is 2. The third-order valence-corrected chi connectivity index (χ3v) is 11.2. The molecule has 0 fully saturated rings. The molecular formula is C46H96N6O4. The Hall–Kier alpha value is -1.30. The number of nitrogens with one attached hydrogen (secondary N) is 4. The molecule has 0 aliphatic carbocycles. The molecule has 0 saturated heterocycles. The molecule has 0 aliphatic rings. The standard InChI is InChI=1S/C46H96N6O4/c1-5-7-9-11-13-15-17-19-21-23-25-27-35-51(41-43(53)39-49-33-31-45(55)47-3)37-29-30-38-52(42-44(54)40-50-34-32-46(56)48-4)36-28-26-24-22-20-18-16-14-12-10-8-6-2/h43-44,49-50,53-54H,5-42H2,1-4H3,(H,47,55)(H,48,56). The molecule has 0 heterocycles. The Morgan fingerprint density at radius 3 is 0.946 bits per heavy atom. The summed E-state index contributed by atoms with van der Waals surface area (Å²) in [7, 11) is 3.31. The van der Waals surface area contributed by atoms with E-state index in [1.807, 2.05) is 0 Å². The van der Waals surface area contributed by atoms with Crippen LogP contribution in [0.1, 0.15) is 194 Å². The maximum Gasteiger partial charge on any atom is 0.221 e. The van der Waals surface area contributed by atoms with Crippen molar-refractivity contribution in [3.05, 3.63) is 0 Å². The van der Waals surface area contributed by atoms with Gasteiger partial charge in [0, 0.05) is 66.2 Å². The Balaban J connectivity index is 4.81. The van der Waals surface area contributed by atoms with Crippen LogP contribution >= 0.6 is 0 Å². The molecule has 0 bridgehead atoms. The van der Waals surface area contributed by atoms with Crippen LogP contribution in [0.25, 0.3) is 0 Å². The summed E-state index contributed by atoms with van der Waals surface area (Å²) < 4.78 is 0. The predicted molar refractivity (Wildman–Crippen MR) is 239 cm³/mol. The van der Waals surface area contributed by atoms with E-state index in [9.17, 15) is 19.8 Å². The number of nitrogens with zero attached hydrogens (tertiary/aromatic N) is 2. The van der Waals surface area contributed by atoms with Crippen molar-refractivity contribution in [2.75, 3.05) is 79.5 Å². The molecule has 334 valence electrons. The molecule has 6 N–H and O–H groups in total. The average Bonchev–Trinajstić information content (AvgIpc) is 3.19. The number of rotatable bonds is 45. The minimum atomic E-state index is -0.467. The summed E-state index contributed by atoms with van der Waals surface area (Å²) in [6.07, 6.45) is 34.1. The molecule has 0 aromatic heterocycles. The topological polar surface area (TPSA) is 129 Å². The molecule has 0 saturated carbocycles. The van der Waals surface area contributed by atoms with Gasteiger partial charge in [-0.05, 0) is 51.9 Å². The molecule has 0 spiro atoms. The Morgan fingerprint density at radius 2 is 0.679 bits per heavy atom. The molecule has 0 aromatic carbocycles. The zero-order valence-electron chi connectivity index (χ0n) is 37.6. The van der Waals surface area contributed by atoms with E-state index in [0.29, 0.717) is 52.1 Å². The second-order valence-electron chi connectivity index (χ2n) is 16.6. The van der Waals surface area contributed by atoms with Crippen molar-refractivity contribution in [1.29, 1.82) is 0 Å². The van der Waals surface area contributed by atoms with Gasteiger partial charge in [0.2, 0.25) is 11.8 Å². The Kier molecular flexibility index (Phi) is 42.3. The fourth-order valence-corrected chi connectivity index (χ4v) is 7.53. The summed E-state index contributed by atoms with van der Waals surface area (Å²) in [5.41, 5.74) is 0. The summed E-state index contributed by atoms with van der Waals surface area (Å²) in [4.78, 5) is 28.1. The van der Waals surface area contributed by atoms with Gasteiger partial charge < -0.3 is 41.3 Å². The SMILES string of the molecule is CCCCCCCCCCCCCCN(CCCCN(CCCCCCCCCCCCCC)CC(O)CNCCC(=O)NC)CC(O)CNCCC(=O)NC. The monoisotopic (exact) mass is 797 g/mol. The lowest BCUT2D eigenvalue weighted by atomic mass is 10.1. The summed E-state index contributed by atoms with van der Waals surface area (Å²) in [6.45, 7) is 11.9. The van der Waals surface area contributed by atoms with Gasteiger partial charge in [-0.3, -0.25) is 9.59 Å². The first kappa shape index (κ1) is 54.7. The predicted octanol–water partition coefficient (Wildman–Crippen LogP) is 7.95. The van der Waals surface area contributed by atoms with Crippen LogP contribution < -0.4 is 21.3 Å². The van der Waals surface area contributed by atoms with Crippen LogP contribution in [0.3, 0.4) is 0 Å². The summed E-state index contributed by atoms with van der Waals surface area (Å²) >= 11 is 0. The summed E-state index contributed by atoms with van der Waals surface area (Å²) in [5, 5.41) is 33.6. The van der Waals surface area contributed by atoms with Crippen molar-refractivity contribution in [2.24, 2.45) is 0 Å². The van der Waals surface area contributed by atoms with E-state index >= 15 is 0 Å². The first-order valence-corrected chi connectivity index (χ1v) is 24.0. The minimum absolute atomic E-state index is 0.0123. The van der Waals surface area contributed by atoms with Crippen LogP contribution in [0.15, 0.2) is 0 Å². The number of carbonyl (C=O) groups excluding carboxylic acids is 2. The molecule has 0 radical (unpaired) electrons. The van der Waals surface area contributed by atoms with E-state index < -0.39 is 12.2 Å². The first-order valence-electron chi connectivity index (χ1n) is 24.0. The number of amides is 2. The maximum absolute atomic E-state index is 11.6. The number of hydrogen-bond donors (Lipinski definition) is 6. The van der Waals surface area contributed by atoms with E-state index in [1.165, 1.54) is 141 Å². The van der Waals surface area contributed by atoms with Crippen molar-refractivity contribution in [1.82, 2.24) is 31.1 Å². The third kappa shape index (κ3) is 39.5. The maximum atomic E-state index is 11.6. The molecule has 0 rings (SSSR count). The van der Waals surface area contributed by atoms with Crippen LogP contribution in [0.2, 0.25) is 0 Å². The first-order chi connectivity index (χ1) is 27.4. The van der Waals surface area contributed by atoms with Crippen LogP contribution in [-0.4, -0.2) is 124 Å². The molecule has 2 amide bonds. The Morgan fingerprint density at radius 1 is 0.429 bits per heavy atom. The lowest BCUT2D eigenvalue weighted by molar-refractivity contribution is -0.121. The lowest BCUT2D eigenvalue weighted by Crippen LogP contribution is -2.41. The Bertz CT molecular complexity index is 771. The number of unbranched alkanes of at least 4 members (excludes halogenated alkanes) is 23. The van der Waals surface area contributed by atoms with Crippen LogP contribution in [-0.2, 0) is 9.59 Å². The molecular weight excluding hydrogens is 701 g/mol. The fraction of sp³-hybridized carbons (Fsp3) is 0.957. The van der Waals surface area contributed by atoms with Crippen LogP contribution in [0.4, 0.5) is 0 Å². The Labute approximate surface area is 347 Å². The highest BCUT2D eigenvalue weighted by atomic mass is 16.3. The molecule has 10 heteroatoms.